The van der Waals surface area contributed by atoms with Crippen LogP contribution in [-0.4, -0.2) is 5.78 Å². The van der Waals surface area contributed by atoms with Crippen molar-refractivity contribution in [2.24, 2.45) is 17.8 Å². The van der Waals surface area contributed by atoms with E-state index in [0.717, 1.165) is 17.4 Å². The summed E-state index contributed by atoms with van der Waals surface area (Å²) >= 11 is 0. The van der Waals surface area contributed by atoms with Gasteiger partial charge in [0.2, 0.25) is 0 Å². The van der Waals surface area contributed by atoms with Crippen LogP contribution in [0.3, 0.4) is 0 Å². The van der Waals surface area contributed by atoms with E-state index < -0.39 is 0 Å². The molecule has 0 radical (unpaired) electrons. The van der Waals surface area contributed by atoms with Crippen molar-refractivity contribution >= 4 is 5.78 Å². The first-order valence-electron chi connectivity index (χ1n) is 6.47. The second-order valence-corrected chi connectivity index (χ2v) is 5.22. The van der Waals surface area contributed by atoms with Crippen LogP contribution in [0.2, 0.25) is 0 Å². The average Bonchev–Trinajstić information content (AvgIpc) is 3.04. The van der Waals surface area contributed by atoms with E-state index in [4.69, 9.17) is 0 Å². The fourth-order valence-electron chi connectivity index (χ4n) is 3.35. The van der Waals surface area contributed by atoms with Crippen LogP contribution in [-0.2, 0) is 0 Å². The largest absolute Gasteiger partial charge is 0.294 e. The van der Waals surface area contributed by atoms with Crippen LogP contribution < -0.4 is 0 Å². The highest BCUT2D eigenvalue weighted by Gasteiger charge is 2.53. The number of rotatable bonds is 2. The molecule has 2 fully saturated rings. The van der Waals surface area contributed by atoms with Gasteiger partial charge in [-0.15, -0.1) is 0 Å². The van der Waals surface area contributed by atoms with Crippen molar-refractivity contribution in [1.82, 2.24) is 0 Å². The van der Waals surface area contributed by atoms with Gasteiger partial charge in [-0.2, -0.15) is 0 Å². The van der Waals surface area contributed by atoms with Crippen molar-refractivity contribution in [2.45, 2.75) is 32.1 Å². The smallest absolute Gasteiger partial charge is 0.166 e. The van der Waals surface area contributed by atoms with Crippen molar-refractivity contribution in [3.05, 3.63) is 35.9 Å². The Labute approximate surface area is 96.9 Å². The van der Waals surface area contributed by atoms with Gasteiger partial charge in [0, 0.05) is 11.5 Å². The third-order valence-electron chi connectivity index (χ3n) is 4.27. The summed E-state index contributed by atoms with van der Waals surface area (Å²) in [6, 6.07) is 9.82. The third-order valence-corrected chi connectivity index (χ3v) is 4.27. The highest BCUT2D eigenvalue weighted by molar-refractivity contribution is 6.00. The van der Waals surface area contributed by atoms with Gasteiger partial charge in [0.05, 0.1) is 0 Å². The van der Waals surface area contributed by atoms with Crippen LogP contribution in [0.1, 0.15) is 42.5 Å². The summed E-state index contributed by atoms with van der Waals surface area (Å²) in [5, 5.41) is 0. The lowest BCUT2D eigenvalue weighted by Crippen LogP contribution is -2.05. The maximum Gasteiger partial charge on any atom is 0.166 e. The molecule has 0 spiro atoms. The Kier molecular flexibility index (Phi) is 2.55. The van der Waals surface area contributed by atoms with Crippen molar-refractivity contribution in [3.8, 4) is 0 Å². The number of fused-ring (bicyclic) bond motifs is 1. The molecular formula is C15H18O. The Bertz CT molecular complexity index is 370. The first-order chi connectivity index (χ1) is 7.88. The highest BCUT2D eigenvalue weighted by atomic mass is 16.1. The molecule has 0 aromatic heterocycles. The molecule has 2 aliphatic rings. The normalized spacial score (nSPS) is 32.6. The molecule has 0 bridgehead atoms. The lowest BCUT2D eigenvalue weighted by atomic mass is 10.0. The van der Waals surface area contributed by atoms with Gasteiger partial charge in [-0.05, 0) is 24.7 Å². The van der Waals surface area contributed by atoms with Gasteiger partial charge in [-0.25, -0.2) is 0 Å². The summed E-state index contributed by atoms with van der Waals surface area (Å²) in [7, 11) is 0. The van der Waals surface area contributed by atoms with Gasteiger partial charge < -0.3 is 0 Å². The van der Waals surface area contributed by atoms with Crippen molar-refractivity contribution in [3.63, 3.8) is 0 Å². The molecule has 1 aromatic carbocycles. The minimum Gasteiger partial charge on any atom is -0.294 e. The van der Waals surface area contributed by atoms with Gasteiger partial charge in [0.1, 0.15) is 0 Å². The zero-order valence-electron chi connectivity index (χ0n) is 9.56. The molecular weight excluding hydrogens is 196 g/mol. The predicted octanol–water partition coefficient (Wildman–Crippen LogP) is 3.70. The molecule has 0 amide bonds. The average molecular weight is 214 g/mol. The van der Waals surface area contributed by atoms with Gasteiger partial charge in [-0.1, -0.05) is 49.6 Å². The van der Waals surface area contributed by atoms with E-state index in [1.807, 2.05) is 30.3 Å². The molecule has 2 aliphatic carbocycles. The molecule has 1 aromatic rings. The zero-order valence-corrected chi connectivity index (χ0v) is 9.56. The van der Waals surface area contributed by atoms with Gasteiger partial charge in [0.25, 0.3) is 0 Å². The van der Waals surface area contributed by atoms with E-state index in [2.05, 4.69) is 0 Å². The topological polar surface area (TPSA) is 17.1 Å². The van der Waals surface area contributed by atoms with Crippen molar-refractivity contribution in [2.75, 3.05) is 0 Å². The maximum absolute atomic E-state index is 12.3. The molecule has 2 saturated carbocycles. The van der Waals surface area contributed by atoms with Crippen molar-refractivity contribution < 1.29 is 4.79 Å². The minimum atomic E-state index is 0.364. The van der Waals surface area contributed by atoms with Crippen LogP contribution in [0, 0.1) is 17.8 Å². The summed E-state index contributed by atoms with van der Waals surface area (Å²) in [5.74, 6) is 2.20. The first kappa shape index (κ1) is 10.1. The maximum atomic E-state index is 12.3. The first-order valence-corrected chi connectivity index (χ1v) is 6.47. The number of carbonyl (C=O) groups excluding carboxylic acids is 1. The van der Waals surface area contributed by atoms with Crippen molar-refractivity contribution in [1.29, 1.82) is 0 Å². The second kappa shape index (κ2) is 4.04. The Morgan fingerprint density at radius 2 is 1.56 bits per heavy atom. The molecule has 0 aliphatic heterocycles. The number of carbonyl (C=O) groups is 1. The summed E-state index contributed by atoms with van der Waals surface area (Å²) < 4.78 is 0. The number of hydrogen-bond acceptors (Lipinski definition) is 1. The number of hydrogen-bond donors (Lipinski definition) is 0. The summed E-state index contributed by atoms with van der Waals surface area (Å²) in [6.45, 7) is 0. The number of benzene rings is 1. The van der Waals surface area contributed by atoms with E-state index in [9.17, 15) is 4.79 Å². The zero-order chi connectivity index (χ0) is 11.0. The van der Waals surface area contributed by atoms with E-state index in [1.54, 1.807) is 0 Å². The lowest BCUT2D eigenvalue weighted by molar-refractivity contribution is 0.0954. The molecule has 2 atom stereocenters. The summed E-state index contributed by atoms with van der Waals surface area (Å²) in [6.07, 6.45) is 6.61. The van der Waals surface area contributed by atoms with Crippen LogP contribution in [0.15, 0.2) is 30.3 Å². The minimum absolute atomic E-state index is 0.364. The molecule has 16 heavy (non-hydrogen) atoms. The van der Waals surface area contributed by atoms with Crippen LogP contribution in [0.5, 0.6) is 0 Å². The Hall–Kier alpha value is -1.11. The standard InChI is InChI=1S/C15H18O/c16-15(11-7-3-1-4-8-11)14-12-9-5-2-6-10-13(12)14/h1,3-4,7-8,12-14H,2,5-6,9-10H2. The SMILES string of the molecule is O=C(c1ccccc1)C1C2CCCCCC21. The number of Topliss-reactive ketones (excluding diaryl/α,β-unsaturated/α-hetero) is 1. The molecule has 1 nitrogen and oxygen atoms in total. The molecule has 0 saturated heterocycles. The second-order valence-electron chi connectivity index (χ2n) is 5.22. The van der Waals surface area contributed by atoms with Gasteiger partial charge >= 0.3 is 0 Å². The summed E-state index contributed by atoms with van der Waals surface area (Å²) in [4.78, 5) is 12.3. The molecule has 3 rings (SSSR count). The van der Waals surface area contributed by atoms with E-state index in [-0.39, 0.29) is 0 Å². The fraction of sp³-hybridized carbons (Fsp3) is 0.533. The van der Waals surface area contributed by atoms with Crippen LogP contribution >= 0.6 is 0 Å². The lowest BCUT2D eigenvalue weighted by Gasteiger charge is -2.02. The predicted molar refractivity (Wildman–Crippen MR) is 64.3 cm³/mol. The molecule has 2 unspecified atom stereocenters. The van der Waals surface area contributed by atoms with Crippen LogP contribution in [0.25, 0.3) is 0 Å². The van der Waals surface area contributed by atoms with Gasteiger partial charge in [-0.3, -0.25) is 4.79 Å². The van der Waals surface area contributed by atoms with Gasteiger partial charge in [0.15, 0.2) is 5.78 Å². The monoisotopic (exact) mass is 214 g/mol. The highest BCUT2D eigenvalue weighted by Crippen LogP contribution is 2.55. The quantitative estimate of drug-likeness (QED) is 0.686. The molecule has 84 valence electrons. The number of ketones is 1. The molecule has 1 heteroatoms. The summed E-state index contributed by atoms with van der Waals surface area (Å²) in [5.41, 5.74) is 0.917. The Balaban J connectivity index is 1.74. The molecule has 0 N–H and O–H groups in total. The third kappa shape index (κ3) is 1.68. The molecule has 0 heterocycles. The van der Waals surface area contributed by atoms with Crippen LogP contribution in [0.4, 0.5) is 0 Å². The van der Waals surface area contributed by atoms with E-state index in [1.165, 1.54) is 32.1 Å². The Morgan fingerprint density at radius 1 is 0.938 bits per heavy atom. The Morgan fingerprint density at radius 3 is 2.19 bits per heavy atom. The fourth-order valence-corrected chi connectivity index (χ4v) is 3.35. The van der Waals surface area contributed by atoms with E-state index in [0.29, 0.717) is 11.7 Å². The van der Waals surface area contributed by atoms with E-state index >= 15 is 0 Å².